The summed E-state index contributed by atoms with van der Waals surface area (Å²) in [4.78, 5) is 4.13. The fourth-order valence-corrected chi connectivity index (χ4v) is 2.25. The van der Waals surface area contributed by atoms with Crippen molar-refractivity contribution in [3.8, 4) is 5.75 Å². The second-order valence-electron chi connectivity index (χ2n) is 5.91. The fourth-order valence-electron chi connectivity index (χ4n) is 1.50. The van der Waals surface area contributed by atoms with Gasteiger partial charge in [0.15, 0.2) is 6.79 Å². The molecule has 0 unspecified atom stereocenters. The minimum atomic E-state index is -1.04. The van der Waals surface area contributed by atoms with E-state index in [2.05, 4.69) is 29.9 Å². The van der Waals surface area contributed by atoms with Crippen molar-refractivity contribution < 1.29 is 14.6 Å². The Labute approximate surface area is 122 Å². The lowest BCUT2D eigenvalue weighted by Crippen LogP contribution is -2.22. The van der Waals surface area contributed by atoms with Crippen molar-refractivity contribution in [3.63, 3.8) is 0 Å². The molecule has 0 aliphatic rings. The molecule has 5 nitrogen and oxygen atoms in total. The average molecular weight is 298 g/mol. The zero-order valence-corrected chi connectivity index (χ0v) is 13.7. The summed E-state index contributed by atoms with van der Waals surface area (Å²) < 4.78 is 11.0. The van der Waals surface area contributed by atoms with Gasteiger partial charge in [-0.1, -0.05) is 19.6 Å². The molecule has 0 atom stereocenters. The van der Waals surface area contributed by atoms with Crippen molar-refractivity contribution in [1.29, 1.82) is 0 Å². The maximum absolute atomic E-state index is 8.71. The molecule has 1 rings (SSSR count). The van der Waals surface area contributed by atoms with Crippen LogP contribution < -0.4 is 10.1 Å². The maximum Gasteiger partial charge on any atom is 0.189 e. The first-order chi connectivity index (χ1) is 9.51. The van der Waals surface area contributed by atoms with Crippen molar-refractivity contribution in [1.82, 2.24) is 10.3 Å². The van der Waals surface area contributed by atoms with E-state index in [0.717, 1.165) is 18.2 Å². The average Bonchev–Trinajstić information content (AvgIpc) is 2.38. The first-order valence-corrected chi connectivity index (χ1v) is 10.7. The van der Waals surface area contributed by atoms with Crippen LogP contribution >= 0.6 is 0 Å². The van der Waals surface area contributed by atoms with E-state index in [9.17, 15) is 0 Å². The number of aliphatic hydroxyl groups excluding tert-OH is 1. The number of ether oxygens (including phenoxy) is 2. The minimum Gasteiger partial charge on any atom is -0.466 e. The van der Waals surface area contributed by atoms with Crippen molar-refractivity contribution in [2.45, 2.75) is 32.2 Å². The molecular weight excluding hydrogens is 272 g/mol. The Morgan fingerprint density at radius 3 is 2.80 bits per heavy atom. The van der Waals surface area contributed by atoms with Gasteiger partial charge in [-0.15, -0.1) is 0 Å². The molecule has 1 aromatic rings. The first kappa shape index (κ1) is 17.1. The number of rotatable bonds is 10. The summed E-state index contributed by atoms with van der Waals surface area (Å²) in [5.74, 6) is 0.710. The summed E-state index contributed by atoms with van der Waals surface area (Å²) in [7, 11) is -1.04. The topological polar surface area (TPSA) is 63.6 Å². The van der Waals surface area contributed by atoms with Crippen molar-refractivity contribution in [2.75, 3.05) is 26.6 Å². The molecule has 0 radical (unpaired) electrons. The number of pyridine rings is 1. The van der Waals surface area contributed by atoms with E-state index in [0.29, 0.717) is 18.8 Å². The molecule has 0 bridgehead atoms. The van der Waals surface area contributed by atoms with Gasteiger partial charge in [0, 0.05) is 34.0 Å². The summed E-state index contributed by atoms with van der Waals surface area (Å²) in [6.07, 6.45) is 3.46. The molecule has 2 N–H and O–H groups in total. The van der Waals surface area contributed by atoms with E-state index < -0.39 is 8.07 Å². The van der Waals surface area contributed by atoms with Gasteiger partial charge in [-0.2, -0.15) is 0 Å². The Morgan fingerprint density at radius 1 is 1.30 bits per heavy atom. The van der Waals surface area contributed by atoms with Crippen LogP contribution in [0.5, 0.6) is 5.75 Å². The molecule has 6 heteroatoms. The molecule has 1 heterocycles. The van der Waals surface area contributed by atoms with E-state index in [1.165, 1.54) is 0 Å². The molecule has 0 amide bonds. The Kier molecular flexibility index (Phi) is 7.75. The van der Waals surface area contributed by atoms with Gasteiger partial charge in [0.25, 0.3) is 0 Å². The van der Waals surface area contributed by atoms with Gasteiger partial charge < -0.3 is 19.9 Å². The Bertz CT molecular complexity index is 383. The van der Waals surface area contributed by atoms with Gasteiger partial charge in [-0.05, 0) is 17.7 Å². The zero-order chi connectivity index (χ0) is 14.8. The molecule has 114 valence electrons. The second-order valence-corrected chi connectivity index (χ2v) is 11.5. The zero-order valence-electron chi connectivity index (χ0n) is 12.7. The highest BCUT2D eigenvalue weighted by Crippen LogP contribution is 2.12. The van der Waals surface area contributed by atoms with E-state index >= 15 is 0 Å². The highest BCUT2D eigenvalue weighted by atomic mass is 28.3. The highest BCUT2D eigenvalue weighted by molar-refractivity contribution is 6.76. The van der Waals surface area contributed by atoms with Crippen LogP contribution in [0.3, 0.4) is 0 Å². The van der Waals surface area contributed by atoms with E-state index in [1.807, 2.05) is 6.07 Å². The predicted molar refractivity (Wildman–Crippen MR) is 82.6 cm³/mol. The predicted octanol–water partition coefficient (Wildman–Crippen LogP) is 1.85. The van der Waals surface area contributed by atoms with Crippen LogP contribution in [-0.4, -0.2) is 44.7 Å². The number of hydrogen-bond acceptors (Lipinski definition) is 5. The van der Waals surface area contributed by atoms with Crippen LogP contribution in [0.25, 0.3) is 0 Å². The summed E-state index contributed by atoms with van der Waals surface area (Å²) in [6.45, 7) is 9.36. The highest BCUT2D eigenvalue weighted by Gasteiger charge is 2.11. The summed E-state index contributed by atoms with van der Waals surface area (Å²) >= 11 is 0. The smallest absolute Gasteiger partial charge is 0.189 e. The molecule has 1 aromatic heterocycles. The van der Waals surface area contributed by atoms with Crippen molar-refractivity contribution >= 4 is 8.07 Å². The lowest BCUT2D eigenvalue weighted by molar-refractivity contribution is 0.0218. The molecule has 0 aliphatic carbocycles. The first-order valence-electron chi connectivity index (χ1n) is 6.97. The summed E-state index contributed by atoms with van der Waals surface area (Å²) in [6, 6.07) is 3.07. The van der Waals surface area contributed by atoms with Gasteiger partial charge in [0.1, 0.15) is 5.75 Å². The second kappa shape index (κ2) is 9.07. The molecule has 0 aromatic carbocycles. The van der Waals surface area contributed by atoms with Gasteiger partial charge in [0.05, 0.1) is 12.8 Å². The van der Waals surface area contributed by atoms with Crippen molar-refractivity contribution in [2.24, 2.45) is 0 Å². The van der Waals surface area contributed by atoms with Crippen LogP contribution in [0, 0.1) is 0 Å². The van der Waals surface area contributed by atoms with Crippen molar-refractivity contribution in [3.05, 3.63) is 24.0 Å². The Morgan fingerprint density at radius 2 is 2.10 bits per heavy atom. The third-order valence-corrected chi connectivity index (χ3v) is 4.40. The molecule has 0 fully saturated rings. The lowest BCUT2D eigenvalue weighted by atomic mass is 10.3. The Balaban J connectivity index is 2.24. The third kappa shape index (κ3) is 8.26. The van der Waals surface area contributed by atoms with E-state index in [4.69, 9.17) is 14.6 Å². The SMILES string of the molecule is C[Si](C)(C)CCOCOc1cncc(CNCCO)c1. The van der Waals surface area contributed by atoms with Gasteiger partial charge in [-0.25, -0.2) is 0 Å². The summed E-state index contributed by atoms with van der Waals surface area (Å²) in [5.41, 5.74) is 1.03. The third-order valence-electron chi connectivity index (χ3n) is 2.69. The normalized spacial score (nSPS) is 11.6. The summed E-state index contributed by atoms with van der Waals surface area (Å²) in [5, 5.41) is 11.8. The molecule has 0 saturated heterocycles. The van der Waals surface area contributed by atoms with E-state index in [-0.39, 0.29) is 13.4 Å². The molecule has 0 saturated carbocycles. The van der Waals surface area contributed by atoms with E-state index in [1.54, 1.807) is 12.4 Å². The molecular formula is C14H26N2O3Si. The number of nitrogens with zero attached hydrogens (tertiary/aromatic N) is 1. The molecule has 0 spiro atoms. The largest absolute Gasteiger partial charge is 0.466 e. The van der Waals surface area contributed by atoms with Crippen LogP contribution in [-0.2, 0) is 11.3 Å². The minimum absolute atomic E-state index is 0.133. The number of nitrogens with one attached hydrogen (secondary N) is 1. The van der Waals surface area contributed by atoms with Crippen LogP contribution in [0.4, 0.5) is 0 Å². The quantitative estimate of drug-likeness (QED) is 0.392. The number of aromatic nitrogens is 1. The molecule has 20 heavy (non-hydrogen) atoms. The number of hydrogen-bond donors (Lipinski definition) is 2. The maximum atomic E-state index is 8.71. The van der Waals surface area contributed by atoms with Crippen LogP contribution in [0.2, 0.25) is 25.7 Å². The number of aliphatic hydroxyl groups is 1. The van der Waals surface area contributed by atoms with Gasteiger partial charge in [-0.3, -0.25) is 4.98 Å². The Hall–Kier alpha value is -0.953. The van der Waals surface area contributed by atoms with Crippen LogP contribution in [0.1, 0.15) is 5.56 Å². The van der Waals surface area contributed by atoms with Crippen LogP contribution in [0.15, 0.2) is 18.5 Å². The van der Waals surface area contributed by atoms with Gasteiger partial charge >= 0.3 is 0 Å². The van der Waals surface area contributed by atoms with Gasteiger partial charge in [0.2, 0.25) is 0 Å². The molecule has 0 aliphatic heterocycles. The monoisotopic (exact) mass is 298 g/mol. The standard InChI is InChI=1S/C14H26N2O3Si/c1-20(2,3)7-6-18-12-19-14-8-13(10-16-11-14)9-15-4-5-17/h8,10-11,15,17H,4-7,9,12H2,1-3H3. The lowest BCUT2D eigenvalue weighted by Gasteiger charge is -2.15. The fraction of sp³-hybridized carbons (Fsp3) is 0.643.